The molecular weight excluding hydrogens is 404 g/mol. The lowest BCUT2D eigenvalue weighted by molar-refractivity contribution is 0.475. The van der Waals surface area contributed by atoms with E-state index in [1.54, 1.807) is 12.1 Å². The molecule has 1 N–H and O–H groups in total. The van der Waals surface area contributed by atoms with Gasteiger partial charge < -0.3 is 9.67 Å². The zero-order chi connectivity index (χ0) is 21.9. The molecule has 4 aromatic carbocycles. The first kappa shape index (κ1) is 22.1. The lowest BCUT2D eigenvalue weighted by atomic mass is 9.99. The van der Waals surface area contributed by atoms with E-state index in [0.717, 1.165) is 51.6 Å². The molecule has 5 rings (SSSR count). The first-order chi connectivity index (χ1) is 15.8. The summed E-state index contributed by atoms with van der Waals surface area (Å²) in [6.45, 7) is 2.94. The summed E-state index contributed by atoms with van der Waals surface area (Å²) in [6, 6.07) is 36.5. The van der Waals surface area contributed by atoms with E-state index in [0.29, 0.717) is 0 Å². The molecule has 0 atom stereocenters. The zero-order valence-electron chi connectivity index (χ0n) is 17.9. The highest BCUT2D eigenvalue weighted by molar-refractivity contribution is 5.87. The summed E-state index contributed by atoms with van der Waals surface area (Å²) in [5.41, 5.74) is 7.37. The standard InChI is InChI=1S/C29H24N2O.CH4/c1-2-31-28(22-14-7-4-8-15-22)27(21-12-5-3-6-13-21)30-29(31)26-19-10-9-18-25(26)23-16-11-17-24(32)20-23;/h3-20,32H,2H2,1H3;1H4. The Morgan fingerprint density at radius 1 is 0.667 bits per heavy atom. The van der Waals surface area contributed by atoms with Gasteiger partial charge in [0, 0.05) is 23.2 Å². The molecule has 33 heavy (non-hydrogen) atoms. The first-order valence-corrected chi connectivity index (χ1v) is 10.9. The maximum atomic E-state index is 10.1. The number of benzene rings is 4. The summed E-state index contributed by atoms with van der Waals surface area (Å²) < 4.78 is 2.29. The van der Waals surface area contributed by atoms with E-state index in [1.165, 1.54) is 0 Å². The topological polar surface area (TPSA) is 38.0 Å². The molecule has 3 nitrogen and oxygen atoms in total. The van der Waals surface area contributed by atoms with Crippen LogP contribution < -0.4 is 0 Å². The van der Waals surface area contributed by atoms with E-state index in [-0.39, 0.29) is 13.2 Å². The zero-order valence-corrected chi connectivity index (χ0v) is 17.9. The fraction of sp³-hybridized carbons (Fsp3) is 0.100. The van der Waals surface area contributed by atoms with Crippen molar-refractivity contribution in [1.29, 1.82) is 0 Å². The summed E-state index contributed by atoms with van der Waals surface area (Å²) in [5.74, 6) is 1.18. The van der Waals surface area contributed by atoms with Crippen molar-refractivity contribution in [3.63, 3.8) is 0 Å². The van der Waals surface area contributed by atoms with Crippen LogP contribution in [0.2, 0.25) is 0 Å². The second-order valence-corrected chi connectivity index (χ2v) is 7.70. The van der Waals surface area contributed by atoms with Crippen LogP contribution in [0.1, 0.15) is 14.4 Å². The molecule has 0 aliphatic heterocycles. The molecule has 0 radical (unpaired) electrons. The molecule has 0 bridgehead atoms. The van der Waals surface area contributed by atoms with Gasteiger partial charge in [0.25, 0.3) is 0 Å². The first-order valence-electron chi connectivity index (χ1n) is 10.9. The summed E-state index contributed by atoms with van der Waals surface area (Å²) in [5, 5.41) is 10.1. The van der Waals surface area contributed by atoms with Crippen molar-refractivity contribution in [2.24, 2.45) is 0 Å². The highest BCUT2D eigenvalue weighted by Gasteiger charge is 2.22. The van der Waals surface area contributed by atoms with E-state index in [2.05, 4.69) is 72.2 Å². The smallest absolute Gasteiger partial charge is 0.141 e. The lowest BCUT2D eigenvalue weighted by Gasteiger charge is -2.14. The Morgan fingerprint density at radius 3 is 1.88 bits per heavy atom. The van der Waals surface area contributed by atoms with Gasteiger partial charge in [0.1, 0.15) is 11.6 Å². The van der Waals surface area contributed by atoms with Crippen molar-refractivity contribution in [3.8, 4) is 50.8 Å². The highest BCUT2D eigenvalue weighted by Crippen LogP contribution is 2.39. The van der Waals surface area contributed by atoms with Gasteiger partial charge in [-0.1, -0.05) is 104 Å². The van der Waals surface area contributed by atoms with Crippen molar-refractivity contribution in [2.45, 2.75) is 20.9 Å². The van der Waals surface area contributed by atoms with Crippen LogP contribution in [0.4, 0.5) is 0 Å². The van der Waals surface area contributed by atoms with Crippen molar-refractivity contribution in [3.05, 3.63) is 109 Å². The average Bonchev–Trinajstić information content (AvgIpc) is 3.25. The van der Waals surface area contributed by atoms with Crippen molar-refractivity contribution < 1.29 is 5.11 Å². The van der Waals surface area contributed by atoms with Gasteiger partial charge in [-0.3, -0.25) is 0 Å². The summed E-state index contributed by atoms with van der Waals surface area (Å²) in [6.07, 6.45) is 0. The third kappa shape index (κ3) is 4.18. The van der Waals surface area contributed by atoms with E-state index >= 15 is 0 Å². The molecule has 0 saturated carbocycles. The third-order valence-electron chi connectivity index (χ3n) is 5.70. The fourth-order valence-electron chi connectivity index (χ4n) is 4.26. The number of imidazole rings is 1. The largest absolute Gasteiger partial charge is 0.508 e. The molecule has 5 aromatic rings. The van der Waals surface area contributed by atoms with Crippen molar-refractivity contribution in [2.75, 3.05) is 0 Å². The van der Waals surface area contributed by atoms with Crippen LogP contribution in [0.3, 0.4) is 0 Å². The number of phenols is 1. The van der Waals surface area contributed by atoms with Crippen LogP contribution in [0.25, 0.3) is 45.0 Å². The average molecular weight is 433 g/mol. The van der Waals surface area contributed by atoms with Gasteiger partial charge in [0.2, 0.25) is 0 Å². The Balaban J connectivity index is 0.00000259. The Morgan fingerprint density at radius 2 is 1.24 bits per heavy atom. The molecule has 0 aliphatic rings. The van der Waals surface area contributed by atoms with Crippen LogP contribution in [-0.4, -0.2) is 14.7 Å². The Labute approximate surface area is 195 Å². The van der Waals surface area contributed by atoms with E-state index in [1.807, 2.05) is 36.4 Å². The van der Waals surface area contributed by atoms with E-state index < -0.39 is 0 Å². The van der Waals surface area contributed by atoms with Crippen LogP contribution >= 0.6 is 0 Å². The Hall–Kier alpha value is -4.11. The molecule has 0 saturated heterocycles. The molecule has 0 unspecified atom stereocenters. The van der Waals surface area contributed by atoms with Crippen molar-refractivity contribution >= 4 is 0 Å². The second kappa shape index (κ2) is 9.58. The summed E-state index contributed by atoms with van der Waals surface area (Å²) in [4.78, 5) is 5.21. The molecule has 0 aliphatic carbocycles. The second-order valence-electron chi connectivity index (χ2n) is 7.70. The molecular formula is C30H28N2O. The summed E-state index contributed by atoms with van der Waals surface area (Å²) >= 11 is 0. The minimum absolute atomic E-state index is 0. The molecule has 164 valence electrons. The fourth-order valence-corrected chi connectivity index (χ4v) is 4.26. The quantitative estimate of drug-likeness (QED) is 0.306. The predicted molar refractivity (Wildman–Crippen MR) is 138 cm³/mol. The van der Waals surface area contributed by atoms with Gasteiger partial charge in [0.05, 0.1) is 11.4 Å². The highest BCUT2D eigenvalue weighted by atomic mass is 16.3. The minimum atomic E-state index is 0. The molecule has 3 heteroatoms. The number of nitrogens with zero attached hydrogens (tertiary/aromatic N) is 2. The number of aromatic nitrogens is 2. The number of aromatic hydroxyl groups is 1. The SMILES string of the molecule is C.CCn1c(-c2ccccc2-c2cccc(O)c2)nc(-c2ccccc2)c1-c1ccccc1. The number of phenolic OH excluding ortho intramolecular Hbond substituents is 1. The van der Waals surface area contributed by atoms with Crippen LogP contribution in [0.15, 0.2) is 109 Å². The lowest BCUT2D eigenvalue weighted by Crippen LogP contribution is -2.01. The Kier molecular flexibility index (Phi) is 6.41. The van der Waals surface area contributed by atoms with Crippen LogP contribution in [0, 0.1) is 0 Å². The number of hydrogen-bond donors (Lipinski definition) is 1. The maximum Gasteiger partial charge on any atom is 0.141 e. The molecule has 0 spiro atoms. The monoisotopic (exact) mass is 432 g/mol. The van der Waals surface area contributed by atoms with Gasteiger partial charge in [-0.05, 0) is 30.2 Å². The summed E-state index contributed by atoms with van der Waals surface area (Å²) in [7, 11) is 0. The van der Waals surface area contributed by atoms with E-state index in [4.69, 9.17) is 4.98 Å². The number of rotatable bonds is 5. The number of hydrogen-bond acceptors (Lipinski definition) is 2. The van der Waals surface area contributed by atoms with Gasteiger partial charge >= 0.3 is 0 Å². The molecule has 0 fully saturated rings. The van der Waals surface area contributed by atoms with Crippen LogP contribution in [0.5, 0.6) is 5.75 Å². The van der Waals surface area contributed by atoms with Gasteiger partial charge in [-0.2, -0.15) is 0 Å². The van der Waals surface area contributed by atoms with Gasteiger partial charge in [0.15, 0.2) is 0 Å². The molecule has 1 heterocycles. The minimum Gasteiger partial charge on any atom is -0.508 e. The normalized spacial score (nSPS) is 10.6. The van der Waals surface area contributed by atoms with Crippen LogP contribution in [-0.2, 0) is 6.54 Å². The molecule has 0 amide bonds. The van der Waals surface area contributed by atoms with E-state index in [9.17, 15) is 5.11 Å². The molecule has 1 aromatic heterocycles. The third-order valence-corrected chi connectivity index (χ3v) is 5.70. The van der Waals surface area contributed by atoms with Gasteiger partial charge in [-0.25, -0.2) is 4.98 Å². The van der Waals surface area contributed by atoms with Crippen molar-refractivity contribution in [1.82, 2.24) is 9.55 Å². The Bertz CT molecular complexity index is 1350. The predicted octanol–water partition coefficient (Wildman–Crippen LogP) is 7.91. The van der Waals surface area contributed by atoms with Gasteiger partial charge in [-0.15, -0.1) is 0 Å². The maximum absolute atomic E-state index is 10.1.